The van der Waals surface area contributed by atoms with Gasteiger partial charge < -0.3 is 5.11 Å². The van der Waals surface area contributed by atoms with E-state index in [1.807, 2.05) is 20.9 Å². The number of rotatable bonds is 3. The van der Waals surface area contributed by atoms with E-state index < -0.39 is 0 Å². The Bertz CT molecular complexity index is 654. The maximum Gasteiger partial charge on any atom is 0.189 e. The third-order valence-electron chi connectivity index (χ3n) is 3.14. The summed E-state index contributed by atoms with van der Waals surface area (Å²) in [5.41, 5.74) is 3.12. The Morgan fingerprint density at radius 1 is 1.32 bits per heavy atom. The highest BCUT2D eigenvalue weighted by molar-refractivity contribution is 6.08. The van der Waals surface area contributed by atoms with Crippen molar-refractivity contribution in [3.05, 3.63) is 52.9 Å². The summed E-state index contributed by atoms with van der Waals surface area (Å²) in [6.07, 6.45) is 3.21. The number of carbonyl (C=O) groups excluding carboxylic acids is 1. The predicted octanol–water partition coefficient (Wildman–Crippen LogP) is 2.64. The molecular weight excluding hydrogens is 240 g/mol. The lowest BCUT2D eigenvalue weighted by Gasteiger charge is -1.99. The highest BCUT2D eigenvalue weighted by Crippen LogP contribution is 2.18. The number of aromatic nitrogens is 2. The molecule has 0 aliphatic heterocycles. The minimum absolute atomic E-state index is 0.00298. The summed E-state index contributed by atoms with van der Waals surface area (Å²) in [6, 6.07) is 6.51. The zero-order valence-corrected chi connectivity index (χ0v) is 11.2. The molecule has 0 unspecified atom stereocenters. The molecule has 0 aliphatic rings. The van der Waals surface area contributed by atoms with Crippen molar-refractivity contribution in [3.63, 3.8) is 0 Å². The second-order valence-corrected chi connectivity index (χ2v) is 4.42. The second-order valence-electron chi connectivity index (χ2n) is 4.42. The van der Waals surface area contributed by atoms with Crippen molar-refractivity contribution in [2.45, 2.75) is 13.8 Å². The number of hydrogen-bond donors (Lipinski definition) is 1. The van der Waals surface area contributed by atoms with Gasteiger partial charge in [0.15, 0.2) is 5.78 Å². The summed E-state index contributed by atoms with van der Waals surface area (Å²) < 4.78 is 1.78. The summed E-state index contributed by atoms with van der Waals surface area (Å²) in [6.45, 7) is 3.85. The van der Waals surface area contributed by atoms with Gasteiger partial charge in [-0.2, -0.15) is 5.10 Å². The first kappa shape index (κ1) is 13.1. The van der Waals surface area contributed by atoms with Crippen LogP contribution in [-0.2, 0) is 7.05 Å². The van der Waals surface area contributed by atoms with E-state index in [0.29, 0.717) is 5.56 Å². The zero-order valence-electron chi connectivity index (χ0n) is 11.2. The Kier molecular flexibility index (Phi) is 3.51. The van der Waals surface area contributed by atoms with Crippen LogP contribution in [0.15, 0.2) is 30.3 Å². The Labute approximate surface area is 112 Å². The van der Waals surface area contributed by atoms with E-state index in [0.717, 1.165) is 17.0 Å². The van der Waals surface area contributed by atoms with Crippen LogP contribution in [0.4, 0.5) is 0 Å². The molecule has 2 aromatic rings. The fraction of sp³-hybridized carbons (Fsp3) is 0.200. The van der Waals surface area contributed by atoms with Gasteiger partial charge in [-0.3, -0.25) is 9.48 Å². The van der Waals surface area contributed by atoms with E-state index in [1.165, 1.54) is 12.1 Å². The quantitative estimate of drug-likeness (QED) is 0.678. The third kappa shape index (κ3) is 2.57. The van der Waals surface area contributed by atoms with E-state index in [9.17, 15) is 9.90 Å². The van der Waals surface area contributed by atoms with Gasteiger partial charge in [0.1, 0.15) is 5.75 Å². The molecule has 0 saturated heterocycles. The maximum absolute atomic E-state index is 12.0. The Morgan fingerprint density at radius 3 is 2.58 bits per heavy atom. The molecule has 2 rings (SSSR count). The molecule has 1 aromatic carbocycles. The molecule has 1 N–H and O–H groups in total. The van der Waals surface area contributed by atoms with Gasteiger partial charge in [-0.25, -0.2) is 0 Å². The topological polar surface area (TPSA) is 55.1 Å². The van der Waals surface area contributed by atoms with E-state index >= 15 is 0 Å². The average Bonchev–Trinajstić information content (AvgIpc) is 2.61. The van der Waals surface area contributed by atoms with Gasteiger partial charge in [0.2, 0.25) is 0 Å². The molecule has 4 nitrogen and oxygen atoms in total. The largest absolute Gasteiger partial charge is 0.507 e. The Hall–Kier alpha value is -2.36. The van der Waals surface area contributed by atoms with Crippen LogP contribution in [0, 0.1) is 13.8 Å². The van der Waals surface area contributed by atoms with Crippen LogP contribution in [0.5, 0.6) is 5.75 Å². The third-order valence-corrected chi connectivity index (χ3v) is 3.14. The van der Waals surface area contributed by atoms with Crippen molar-refractivity contribution in [2.75, 3.05) is 0 Å². The first-order chi connectivity index (χ1) is 9.00. The van der Waals surface area contributed by atoms with Gasteiger partial charge in [-0.1, -0.05) is 12.1 Å². The molecule has 0 radical (unpaired) electrons. The summed E-state index contributed by atoms with van der Waals surface area (Å²) in [4.78, 5) is 12.0. The lowest BCUT2D eigenvalue weighted by atomic mass is 10.1. The molecule has 0 amide bonds. The number of benzene rings is 1. The Morgan fingerprint density at radius 2 is 2.00 bits per heavy atom. The number of phenols is 1. The van der Waals surface area contributed by atoms with Gasteiger partial charge in [0, 0.05) is 18.3 Å². The fourth-order valence-electron chi connectivity index (χ4n) is 1.96. The molecule has 98 valence electrons. The number of aromatic hydroxyl groups is 1. The van der Waals surface area contributed by atoms with Crippen molar-refractivity contribution >= 4 is 11.9 Å². The summed E-state index contributed by atoms with van der Waals surface area (Å²) in [5, 5.41) is 13.9. The zero-order chi connectivity index (χ0) is 14.0. The lowest BCUT2D eigenvalue weighted by Crippen LogP contribution is -1.95. The Balaban J connectivity index is 2.29. The molecule has 1 heterocycles. The summed E-state index contributed by atoms with van der Waals surface area (Å²) in [5.74, 6) is -0.225. The summed E-state index contributed by atoms with van der Waals surface area (Å²) >= 11 is 0. The van der Waals surface area contributed by atoms with Crippen LogP contribution >= 0.6 is 0 Å². The fourth-order valence-corrected chi connectivity index (χ4v) is 1.96. The van der Waals surface area contributed by atoms with E-state index in [2.05, 4.69) is 5.10 Å². The normalized spacial score (nSPS) is 11.1. The summed E-state index contributed by atoms with van der Waals surface area (Å²) in [7, 11) is 1.87. The van der Waals surface area contributed by atoms with Crippen LogP contribution in [0.2, 0.25) is 0 Å². The van der Waals surface area contributed by atoms with E-state index in [4.69, 9.17) is 0 Å². The standard InChI is InChI=1S/C15H16N2O2/c1-10-12(11(2)17(3)16-10)8-9-15(19)13-6-4-5-7-14(13)18/h4-9,18H,1-3H3/b9-8+. The predicted molar refractivity (Wildman–Crippen MR) is 74.2 cm³/mol. The first-order valence-electron chi connectivity index (χ1n) is 6.01. The van der Waals surface area contributed by atoms with Gasteiger partial charge in [-0.05, 0) is 38.1 Å². The van der Waals surface area contributed by atoms with Gasteiger partial charge >= 0.3 is 0 Å². The number of ketones is 1. The van der Waals surface area contributed by atoms with Crippen molar-refractivity contribution < 1.29 is 9.90 Å². The van der Waals surface area contributed by atoms with Crippen molar-refractivity contribution in [2.24, 2.45) is 7.05 Å². The number of allylic oxidation sites excluding steroid dienone is 1. The number of phenolic OH excluding ortho intramolecular Hbond substituents is 1. The second kappa shape index (κ2) is 5.10. The van der Waals surface area contributed by atoms with Crippen LogP contribution in [0.25, 0.3) is 6.08 Å². The molecule has 0 aliphatic carbocycles. The molecule has 4 heteroatoms. The number of para-hydroxylation sites is 1. The van der Waals surface area contributed by atoms with Crippen LogP contribution in [0.1, 0.15) is 27.3 Å². The van der Waals surface area contributed by atoms with Crippen molar-refractivity contribution in [3.8, 4) is 5.75 Å². The number of aryl methyl sites for hydroxylation is 2. The minimum atomic E-state index is -0.222. The van der Waals surface area contributed by atoms with Crippen molar-refractivity contribution in [1.82, 2.24) is 9.78 Å². The monoisotopic (exact) mass is 256 g/mol. The lowest BCUT2D eigenvalue weighted by molar-refractivity contribution is 0.104. The van der Waals surface area contributed by atoms with Crippen LogP contribution < -0.4 is 0 Å². The number of hydrogen-bond acceptors (Lipinski definition) is 3. The molecule has 0 saturated carbocycles. The molecule has 0 atom stereocenters. The number of nitrogens with zero attached hydrogens (tertiary/aromatic N) is 2. The van der Waals surface area contributed by atoms with E-state index in [-0.39, 0.29) is 11.5 Å². The average molecular weight is 256 g/mol. The molecule has 1 aromatic heterocycles. The highest BCUT2D eigenvalue weighted by Gasteiger charge is 2.09. The van der Waals surface area contributed by atoms with Crippen LogP contribution in [0.3, 0.4) is 0 Å². The molecule has 0 fully saturated rings. The highest BCUT2D eigenvalue weighted by atomic mass is 16.3. The van der Waals surface area contributed by atoms with Crippen molar-refractivity contribution in [1.29, 1.82) is 0 Å². The molecule has 0 bridgehead atoms. The minimum Gasteiger partial charge on any atom is -0.507 e. The first-order valence-corrected chi connectivity index (χ1v) is 6.01. The molecule has 19 heavy (non-hydrogen) atoms. The molecular formula is C15H16N2O2. The van der Waals surface area contributed by atoms with Gasteiger partial charge in [0.05, 0.1) is 11.3 Å². The van der Waals surface area contributed by atoms with Crippen LogP contribution in [-0.4, -0.2) is 20.7 Å². The van der Waals surface area contributed by atoms with Gasteiger partial charge in [-0.15, -0.1) is 0 Å². The number of carbonyl (C=O) groups is 1. The smallest absolute Gasteiger partial charge is 0.189 e. The molecule has 0 spiro atoms. The maximum atomic E-state index is 12.0. The van der Waals surface area contributed by atoms with E-state index in [1.54, 1.807) is 29.0 Å². The SMILES string of the molecule is Cc1nn(C)c(C)c1/C=C/C(=O)c1ccccc1O. The van der Waals surface area contributed by atoms with Gasteiger partial charge in [0.25, 0.3) is 0 Å².